The minimum Gasteiger partial charge on any atom is -0.491 e. The number of hydrogen-bond acceptors (Lipinski definition) is 5. The van der Waals surface area contributed by atoms with Crippen molar-refractivity contribution in [3.05, 3.63) is 83.9 Å². The Bertz CT molecular complexity index is 1290. The molecule has 0 saturated heterocycles. The number of ether oxygens (including phenoxy) is 2. The first-order valence-corrected chi connectivity index (χ1v) is 13.1. The molecule has 184 valence electrons. The van der Waals surface area contributed by atoms with Crippen molar-refractivity contribution in [3.8, 4) is 11.5 Å². The zero-order chi connectivity index (χ0) is 25.0. The number of nitrogens with one attached hydrogen (secondary N) is 1. The van der Waals surface area contributed by atoms with Gasteiger partial charge >= 0.3 is 0 Å². The van der Waals surface area contributed by atoms with Crippen molar-refractivity contribution >= 4 is 21.6 Å². The molecule has 1 aliphatic heterocycles. The van der Waals surface area contributed by atoms with Crippen LogP contribution in [0.5, 0.6) is 11.5 Å². The molecule has 0 aliphatic carbocycles. The Labute approximate surface area is 206 Å². The fraction of sp³-hybridized carbons (Fsp3) is 0.296. The number of para-hydroxylation sites is 1. The molecule has 0 saturated carbocycles. The van der Waals surface area contributed by atoms with Crippen LogP contribution < -0.4 is 19.1 Å². The molecule has 1 amide bonds. The van der Waals surface area contributed by atoms with Crippen molar-refractivity contribution < 1.29 is 22.7 Å². The predicted molar refractivity (Wildman–Crippen MR) is 136 cm³/mol. The van der Waals surface area contributed by atoms with Gasteiger partial charge in [-0.2, -0.15) is 0 Å². The molecule has 7 nitrogen and oxygen atoms in total. The molecule has 3 aromatic rings. The SMILES string of the molecule is Cc1ccc2c(c1)O[C@@H](C(=O)NCCOc1ccccc1C(C)C)CN2S(=O)(=O)c1ccccc1. The van der Waals surface area contributed by atoms with E-state index in [1.54, 1.807) is 42.5 Å². The molecule has 0 bridgehead atoms. The van der Waals surface area contributed by atoms with Gasteiger partial charge in [-0.3, -0.25) is 9.10 Å². The lowest BCUT2D eigenvalue weighted by molar-refractivity contribution is -0.127. The number of sulfonamides is 1. The van der Waals surface area contributed by atoms with E-state index in [1.807, 2.05) is 37.3 Å². The van der Waals surface area contributed by atoms with Crippen LogP contribution in [0.4, 0.5) is 5.69 Å². The summed E-state index contributed by atoms with van der Waals surface area (Å²) in [5.41, 5.74) is 2.42. The summed E-state index contributed by atoms with van der Waals surface area (Å²) < 4.78 is 39.9. The Morgan fingerprint density at radius 1 is 1.09 bits per heavy atom. The third-order valence-electron chi connectivity index (χ3n) is 5.81. The monoisotopic (exact) mass is 494 g/mol. The highest BCUT2D eigenvalue weighted by molar-refractivity contribution is 7.92. The Morgan fingerprint density at radius 2 is 1.80 bits per heavy atom. The van der Waals surface area contributed by atoms with Crippen LogP contribution in [0.25, 0.3) is 0 Å². The average molecular weight is 495 g/mol. The Morgan fingerprint density at radius 3 is 2.54 bits per heavy atom. The third-order valence-corrected chi connectivity index (χ3v) is 7.60. The van der Waals surface area contributed by atoms with Crippen molar-refractivity contribution in [1.29, 1.82) is 0 Å². The number of nitrogens with zero attached hydrogens (tertiary/aromatic N) is 1. The Hall–Kier alpha value is -3.52. The molecule has 3 aromatic carbocycles. The van der Waals surface area contributed by atoms with Crippen molar-refractivity contribution in [2.75, 3.05) is 24.0 Å². The lowest BCUT2D eigenvalue weighted by Crippen LogP contribution is -2.51. The zero-order valence-corrected chi connectivity index (χ0v) is 20.9. The van der Waals surface area contributed by atoms with E-state index in [-0.39, 0.29) is 24.6 Å². The van der Waals surface area contributed by atoms with E-state index >= 15 is 0 Å². The highest BCUT2D eigenvalue weighted by Crippen LogP contribution is 2.37. The normalized spacial score (nSPS) is 15.3. The summed E-state index contributed by atoms with van der Waals surface area (Å²) in [6, 6.07) is 21.3. The molecule has 1 N–H and O–H groups in total. The molecule has 35 heavy (non-hydrogen) atoms. The second-order valence-electron chi connectivity index (χ2n) is 8.76. The summed E-state index contributed by atoms with van der Waals surface area (Å²) in [4.78, 5) is 13.1. The van der Waals surface area contributed by atoms with Crippen molar-refractivity contribution in [3.63, 3.8) is 0 Å². The van der Waals surface area contributed by atoms with Gasteiger partial charge in [-0.15, -0.1) is 0 Å². The first kappa shape index (κ1) is 24.6. The maximum atomic E-state index is 13.4. The van der Waals surface area contributed by atoms with E-state index in [4.69, 9.17) is 9.47 Å². The highest BCUT2D eigenvalue weighted by Gasteiger charge is 2.37. The van der Waals surface area contributed by atoms with Gasteiger partial charge in [0.05, 0.1) is 23.7 Å². The number of carbonyl (C=O) groups is 1. The summed E-state index contributed by atoms with van der Waals surface area (Å²) in [6.45, 7) is 6.49. The van der Waals surface area contributed by atoms with E-state index in [0.29, 0.717) is 17.4 Å². The number of benzene rings is 3. The standard InChI is InChI=1S/C27H30N2O5S/c1-19(2)22-11-7-8-12-24(22)33-16-15-28-27(30)26-18-29(23-14-13-20(3)17-25(23)34-26)35(31,32)21-9-5-4-6-10-21/h4-14,17,19,26H,15-16,18H2,1-3H3,(H,28,30)/t26-/m1/s1. The third kappa shape index (κ3) is 5.43. The summed E-state index contributed by atoms with van der Waals surface area (Å²) in [6.07, 6.45) is -0.995. The van der Waals surface area contributed by atoms with Gasteiger partial charge in [0.1, 0.15) is 18.1 Å². The summed E-state index contributed by atoms with van der Waals surface area (Å²) in [5.74, 6) is 1.07. The van der Waals surface area contributed by atoms with Gasteiger partial charge in [-0.25, -0.2) is 8.42 Å². The summed E-state index contributed by atoms with van der Waals surface area (Å²) in [7, 11) is -3.88. The maximum absolute atomic E-state index is 13.4. The summed E-state index contributed by atoms with van der Waals surface area (Å²) in [5, 5.41) is 2.82. The first-order valence-electron chi connectivity index (χ1n) is 11.6. The van der Waals surface area contributed by atoms with E-state index in [2.05, 4.69) is 19.2 Å². The fourth-order valence-electron chi connectivity index (χ4n) is 3.98. The van der Waals surface area contributed by atoms with Crippen LogP contribution in [0.15, 0.2) is 77.7 Å². The minimum atomic E-state index is -3.88. The topological polar surface area (TPSA) is 84.9 Å². The molecular weight excluding hydrogens is 464 g/mol. The van der Waals surface area contributed by atoms with Crippen LogP contribution in [0, 0.1) is 6.92 Å². The number of amides is 1. The van der Waals surface area contributed by atoms with Gasteiger partial charge < -0.3 is 14.8 Å². The molecule has 0 unspecified atom stereocenters. The lowest BCUT2D eigenvalue weighted by atomic mass is 10.0. The second kappa shape index (κ2) is 10.4. The number of fused-ring (bicyclic) bond motifs is 1. The van der Waals surface area contributed by atoms with Crippen molar-refractivity contribution in [2.24, 2.45) is 0 Å². The van der Waals surface area contributed by atoms with E-state index in [1.165, 1.54) is 4.31 Å². The zero-order valence-electron chi connectivity index (χ0n) is 20.1. The molecule has 8 heteroatoms. The van der Waals surface area contributed by atoms with Gasteiger partial charge in [0, 0.05) is 0 Å². The fourth-order valence-corrected chi connectivity index (χ4v) is 5.48. The van der Waals surface area contributed by atoms with Gasteiger partial charge in [-0.05, 0) is 54.3 Å². The minimum absolute atomic E-state index is 0.129. The van der Waals surface area contributed by atoms with Crippen LogP contribution in [-0.2, 0) is 14.8 Å². The van der Waals surface area contributed by atoms with Gasteiger partial charge in [0.15, 0.2) is 6.10 Å². The Kier molecular flexibility index (Phi) is 7.31. The second-order valence-corrected chi connectivity index (χ2v) is 10.6. The lowest BCUT2D eigenvalue weighted by Gasteiger charge is -2.35. The molecule has 0 aromatic heterocycles. The molecular formula is C27H30N2O5S. The van der Waals surface area contributed by atoms with Crippen LogP contribution >= 0.6 is 0 Å². The molecule has 0 fully saturated rings. The average Bonchev–Trinajstić information content (AvgIpc) is 2.86. The molecule has 1 aliphatic rings. The maximum Gasteiger partial charge on any atom is 0.264 e. The van der Waals surface area contributed by atoms with Gasteiger partial charge in [0.2, 0.25) is 0 Å². The molecule has 1 atom stereocenters. The smallest absolute Gasteiger partial charge is 0.264 e. The molecule has 0 radical (unpaired) electrons. The number of carbonyl (C=O) groups excluding carboxylic acids is 1. The molecule has 1 heterocycles. The van der Waals surface area contributed by atoms with E-state index in [9.17, 15) is 13.2 Å². The van der Waals surface area contributed by atoms with Crippen LogP contribution in [-0.4, -0.2) is 40.1 Å². The van der Waals surface area contributed by atoms with Gasteiger partial charge in [0.25, 0.3) is 15.9 Å². The van der Waals surface area contributed by atoms with Crippen LogP contribution in [0.2, 0.25) is 0 Å². The highest BCUT2D eigenvalue weighted by atomic mass is 32.2. The molecule has 4 rings (SSSR count). The van der Waals surface area contributed by atoms with Crippen molar-refractivity contribution in [2.45, 2.75) is 37.7 Å². The quantitative estimate of drug-likeness (QED) is 0.473. The largest absolute Gasteiger partial charge is 0.491 e. The number of anilines is 1. The van der Waals surface area contributed by atoms with Crippen LogP contribution in [0.1, 0.15) is 30.9 Å². The molecule has 0 spiro atoms. The van der Waals surface area contributed by atoms with Gasteiger partial charge in [-0.1, -0.05) is 56.3 Å². The van der Waals surface area contributed by atoms with Crippen molar-refractivity contribution in [1.82, 2.24) is 5.32 Å². The first-order chi connectivity index (χ1) is 16.8. The number of hydrogen-bond donors (Lipinski definition) is 1. The van der Waals surface area contributed by atoms with Crippen LogP contribution in [0.3, 0.4) is 0 Å². The van der Waals surface area contributed by atoms with E-state index < -0.39 is 22.0 Å². The number of aryl methyl sites for hydroxylation is 1. The Balaban J connectivity index is 1.47. The summed E-state index contributed by atoms with van der Waals surface area (Å²) >= 11 is 0. The predicted octanol–water partition coefficient (Wildman–Crippen LogP) is 4.27. The number of rotatable bonds is 8. The van der Waals surface area contributed by atoms with E-state index in [0.717, 1.165) is 16.9 Å².